The molecule has 5 heteroatoms. The Bertz CT molecular complexity index is 816. The van der Waals surface area contributed by atoms with Crippen LogP contribution >= 0.6 is 0 Å². The standard InChI is InChI=1S/C22H32O3S.Na/c1-3-5-7-9-11-18-13-14-19-16-20(12-10-8-6-4-2)22(26(23,24)25)17-21(19)15-18;/h13-17H,3-12H2,1-2H3,(H,23,24,25);/q;+1/p-1. The van der Waals surface area contributed by atoms with Crippen molar-refractivity contribution in [2.75, 3.05) is 0 Å². The van der Waals surface area contributed by atoms with Crippen LogP contribution in [0.4, 0.5) is 0 Å². The second-order valence-corrected chi connectivity index (χ2v) is 8.56. The van der Waals surface area contributed by atoms with Gasteiger partial charge in [0.05, 0.1) is 4.90 Å². The van der Waals surface area contributed by atoms with E-state index >= 15 is 0 Å². The van der Waals surface area contributed by atoms with Crippen molar-refractivity contribution in [3.63, 3.8) is 0 Å². The number of benzene rings is 2. The quantitative estimate of drug-likeness (QED) is 0.332. The van der Waals surface area contributed by atoms with Crippen LogP contribution in [0.3, 0.4) is 0 Å². The van der Waals surface area contributed by atoms with Crippen LogP contribution in [0.1, 0.15) is 76.3 Å². The van der Waals surface area contributed by atoms with E-state index in [1.54, 1.807) is 6.07 Å². The monoisotopic (exact) mass is 398 g/mol. The average molecular weight is 399 g/mol. The first kappa shape index (κ1) is 24.6. The molecule has 0 saturated heterocycles. The fraction of sp³-hybridized carbons (Fsp3) is 0.545. The van der Waals surface area contributed by atoms with Gasteiger partial charge in [0, 0.05) is 0 Å². The Morgan fingerprint density at radius 2 is 1.41 bits per heavy atom. The summed E-state index contributed by atoms with van der Waals surface area (Å²) in [6.07, 6.45) is 10.7. The van der Waals surface area contributed by atoms with E-state index in [4.69, 9.17) is 0 Å². The summed E-state index contributed by atoms with van der Waals surface area (Å²) in [5.74, 6) is 0. The fourth-order valence-corrected chi connectivity index (χ4v) is 4.21. The van der Waals surface area contributed by atoms with E-state index in [-0.39, 0.29) is 34.5 Å². The molecule has 0 heterocycles. The molecular weight excluding hydrogens is 367 g/mol. The van der Waals surface area contributed by atoms with E-state index in [2.05, 4.69) is 26.0 Å². The van der Waals surface area contributed by atoms with Gasteiger partial charge in [-0.15, -0.1) is 0 Å². The zero-order valence-electron chi connectivity index (χ0n) is 17.1. The molecule has 0 aliphatic heterocycles. The number of hydrogen-bond donors (Lipinski definition) is 0. The van der Waals surface area contributed by atoms with Crippen LogP contribution in [-0.2, 0) is 23.0 Å². The van der Waals surface area contributed by atoms with Crippen LogP contribution in [0.2, 0.25) is 0 Å². The zero-order chi connectivity index (χ0) is 19.0. The van der Waals surface area contributed by atoms with Gasteiger partial charge in [-0.3, -0.25) is 0 Å². The predicted molar refractivity (Wildman–Crippen MR) is 108 cm³/mol. The molecule has 0 amide bonds. The number of aryl methyl sites for hydroxylation is 2. The van der Waals surface area contributed by atoms with Crippen LogP contribution in [0, 0.1) is 0 Å². The molecule has 0 fully saturated rings. The average Bonchev–Trinajstić information content (AvgIpc) is 2.61. The second-order valence-electron chi connectivity index (χ2n) is 7.22. The Labute approximate surface area is 187 Å². The molecule has 2 aromatic carbocycles. The van der Waals surface area contributed by atoms with Gasteiger partial charge in [0.2, 0.25) is 0 Å². The van der Waals surface area contributed by atoms with Crippen molar-refractivity contribution in [2.45, 2.75) is 83.0 Å². The minimum atomic E-state index is -4.45. The summed E-state index contributed by atoms with van der Waals surface area (Å²) in [4.78, 5) is -0.0374. The van der Waals surface area contributed by atoms with Gasteiger partial charge >= 0.3 is 29.6 Å². The molecule has 2 aromatic rings. The van der Waals surface area contributed by atoms with E-state index < -0.39 is 10.1 Å². The minimum absolute atomic E-state index is 0. The van der Waals surface area contributed by atoms with Gasteiger partial charge in [0.25, 0.3) is 0 Å². The maximum absolute atomic E-state index is 11.8. The van der Waals surface area contributed by atoms with Crippen LogP contribution in [0.15, 0.2) is 35.2 Å². The van der Waals surface area contributed by atoms with Gasteiger partial charge in [-0.2, -0.15) is 0 Å². The van der Waals surface area contributed by atoms with E-state index in [9.17, 15) is 13.0 Å². The van der Waals surface area contributed by atoms with E-state index in [0.717, 1.165) is 49.3 Å². The number of unbranched alkanes of at least 4 members (excludes halogenated alkanes) is 6. The molecular formula is C22H31NaO3S. The third-order valence-electron chi connectivity index (χ3n) is 4.97. The summed E-state index contributed by atoms with van der Waals surface area (Å²) >= 11 is 0. The number of fused-ring (bicyclic) bond motifs is 1. The molecule has 0 spiro atoms. The fourth-order valence-electron chi connectivity index (χ4n) is 3.46. The smallest absolute Gasteiger partial charge is 0.744 e. The summed E-state index contributed by atoms with van der Waals surface area (Å²) in [7, 11) is -4.45. The Kier molecular flexibility index (Phi) is 11.2. The maximum Gasteiger partial charge on any atom is 1.00 e. The van der Waals surface area contributed by atoms with Gasteiger partial charge < -0.3 is 4.55 Å². The molecule has 3 nitrogen and oxygen atoms in total. The van der Waals surface area contributed by atoms with Gasteiger partial charge in [0.1, 0.15) is 10.1 Å². The summed E-state index contributed by atoms with van der Waals surface area (Å²) in [6.45, 7) is 4.34. The first-order valence-corrected chi connectivity index (χ1v) is 11.4. The molecule has 0 bridgehead atoms. The molecule has 0 aliphatic carbocycles. The van der Waals surface area contributed by atoms with Crippen molar-refractivity contribution in [2.24, 2.45) is 0 Å². The molecule has 0 unspecified atom stereocenters. The van der Waals surface area contributed by atoms with Crippen molar-refractivity contribution in [1.29, 1.82) is 0 Å². The normalized spacial score (nSPS) is 11.5. The van der Waals surface area contributed by atoms with Gasteiger partial charge in [0.15, 0.2) is 0 Å². The second kappa shape index (κ2) is 12.2. The summed E-state index contributed by atoms with van der Waals surface area (Å²) in [6, 6.07) is 9.70. The van der Waals surface area contributed by atoms with E-state index in [1.807, 2.05) is 12.1 Å². The first-order chi connectivity index (χ1) is 12.5. The number of rotatable bonds is 11. The van der Waals surface area contributed by atoms with E-state index in [1.165, 1.54) is 24.8 Å². The Morgan fingerprint density at radius 3 is 2.00 bits per heavy atom. The van der Waals surface area contributed by atoms with Gasteiger partial charge in [-0.1, -0.05) is 70.6 Å². The SMILES string of the molecule is CCCCCCc1ccc2cc(CCCCCC)c(S(=O)(=O)[O-])cc2c1.[Na+]. The van der Waals surface area contributed by atoms with Crippen molar-refractivity contribution < 1.29 is 42.5 Å². The van der Waals surface area contributed by atoms with Crippen LogP contribution in [0.25, 0.3) is 10.8 Å². The zero-order valence-corrected chi connectivity index (χ0v) is 19.9. The molecule has 0 atom stereocenters. The molecule has 0 radical (unpaired) electrons. The summed E-state index contributed by atoms with van der Waals surface area (Å²) in [5.41, 5.74) is 1.87. The largest absolute Gasteiger partial charge is 1.00 e. The van der Waals surface area contributed by atoms with Crippen molar-refractivity contribution in [1.82, 2.24) is 0 Å². The van der Waals surface area contributed by atoms with Crippen molar-refractivity contribution in [3.8, 4) is 0 Å². The first-order valence-electron chi connectivity index (χ1n) is 9.97. The molecule has 144 valence electrons. The molecule has 0 saturated carbocycles. The van der Waals surface area contributed by atoms with E-state index in [0.29, 0.717) is 12.0 Å². The Hall–Kier alpha value is -0.390. The Balaban J connectivity index is 0.00000364. The maximum atomic E-state index is 11.8. The molecule has 0 N–H and O–H groups in total. The Morgan fingerprint density at radius 1 is 0.778 bits per heavy atom. The minimum Gasteiger partial charge on any atom is -0.744 e. The van der Waals surface area contributed by atoms with Crippen LogP contribution in [-0.4, -0.2) is 13.0 Å². The van der Waals surface area contributed by atoms with Crippen molar-refractivity contribution in [3.05, 3.63) is 41.5 Å². The van der Waals surface area contributed by atoms with Crippen molar-refractivity contribution >= 4 is 20.9 Å². The summed E-state index contributed by atoms with van der Waals surface area (Å²) in [5, 5.41) is 1.87. The van der Waals surface area contributed by atoms with Crippen LogP contribution < -0.4 is 29.6 Å². The summed E-state index contributed by atoms with van der Waals surface area (Å²) < 4.78 is 35.3. The molecule has 0 aliphatic rings. The molecule has 0 aromatic heterocycles. The number of hydrogen-bond acceptors (Lipinski definition) is 3. The third-order valence-corrected chi connectivity index (χ3v) is 5.89. The topological polar surface area (TPSA) is 57.2 Å². The third kappa shape index (κ3) is 7.86. The van der Waals surface area contributed by atoms with Gasteiger partial charge in [-0.05, 0) is 59.7 Å². The molecule has 27 heavy (non-hydrogen) atoms. The van der Waals surface area contributed by atoms with Gasteiger partial charge in [-0.25, -0.2) is 8.42 Å². The predicted octanol–water partition coefficient (Wildman–Crippen LogP) is 2.99. The molecule has 2 rings (SSSR count). The van der Waals surface area contributed by atoms with Crippen LogP contribution in [0.5, 0.6) is 0 Å².